The molecule has 5 nitrogen and oxygen atoms in total. The highest BCUT2D eigenvalue weighted by Crippen LogP contribution is 2.04. The van der Waals surface area contributed by atoms with Crippen molar-refractivity contribution in [3.05, 3.63) is 35.6 Å². The topological polar surface area (TPSA) is 42.9 Å². The van der Waals surface area contributed by atoms with Crippen LogP contribution < -0.4 is 10.6 Å². The van der Waals surface area contributed by atoms with E-state index < -0.39 is 0 Å². The van der Waals surface area contributed by atoms with Crippen LogP contribution in [0, 0.1) is 5.82 Å². The summed E-state index contributed by atoms with van der Waals surface area (Å²) in [5, 5.41) is 6.61. The molecular formula is C18H30FN5. The van der Waals surface area contributed by atoms with Crippen molar-refractivity contribution >= 4 is 5.96 Å². The Morgan fingerprint density at radius 2 is 1.88 bits per heavy atom. The second-order valence-electron chi connectivity index (χ2n) is 6.03. The van der Waals surface area contributed by atoms with E-state index in [1.807, 2.05) is 13.0 Å². The number of halogens is 1. The Hall–Kier alpha value is -1.66. The Balaban J connectivity index is 1.75. The second kappa shape index (κ2) is 10.3. The lowest BCUT2D eigenvalue weighted by atomic mass is 10.2. The summed E-state index contributed by atoms with van der Waals surface area (Å²) in [5.74, 6) is 0.570. The Labute approximate surface area is 144 Å². The van der Waals surface area contributed by atoms with E-state index in [0.717, 1.165) is 63.9 Å². The Morgan fingerprint density at radius 3 is 2.54 bits per heavy atom. The maximum Gasteiger partial charge on any atom is 0.191 e. The number of benzene rings is 1. The molecule has 0 unspecified atom stereocenters. The zero-order chi connectivity index (χ0) is 17.2. The Morgan fingerprint density at radius 1 is 1.12 bits per heavy atom. The minimum Gasteiger partial charge on any atom is -0.357 e. The Bertz CT molecular complexity index is 512. The molecule has 1 aromatic rings. The molecule has 1 heterocycles. The molecular weight excluding hydrogens is 305 g/mol. The van der Waals surface area contributed by atoms with Gasteiger partial charge in [0.05, 0.1) is 6.54 Å². The quantitative estimate of drug-likeness (QED) is 0.586. The molecule has 0 radical (unpaired) electrons. The van der Waals surface area contributed by atoms with Crippen molar-refractivity contribution in [3.8, 4) is 0 Å². The van der Waals surface area contributed by atoms with E-state index in [0.29, 0.717) is 6.54 Å². The van der Waals surface area contributed by atoms with Crippen LogP contribution in [0.4, 0.5) is 4.39 Å². The van der Waals surface area contributed by atoms with Gasteiger partial charge in [-0.25, -0.2) is 9.38 Å². The second-order valence-corrected chi connectivity index (χ2v) is 6.03. The van der Waals surface area contributed by atoms with Crippen molar-refractivity contribution in [1.82, 2.24) is 20.4 Å². The molecule has 0 bridgehead atoms. The average Bonchev–Trinajstić information content (AvgIpc) is 2.60. The minimum absolute atomic E-state index is 0.216. The summed E-state index contributed by atoms with van der Waals surface area (Å²) < 4.78 is 13.2. The highest BCUT2D eigenvalue weighted by atomic mass is 19.1. The third kappa shape index (κ3) is 6.45. The number of guanidine groups is 1. The lowest BCUT2D eigenvalue weighted by Crippen LogP contribution is -2.49. The van der Waals surface area contributed by atoms with Crippen LogP contribution in [0.3, 0.4) is 0 Å². The fourth-order valence-electron chi connectivity index (χ4n) is 2.81. The monoisotopic (exact) mass is 335 g/mol. The molecule has 1 aliphatic heterocycles. The summed E-state index contributed by atoms with van der Waals surface area (Å²) in [6, 6.07) is 6.59. The van der Waals surface area contributed by atoms with Crippen LogP contribution in [0.2, 0.25) is 0 Å². The fourth-order valence-corrected chi connectivity index (χ4v) is 2.81. The van der Waals surface area contributed by atoms with Gasteiger partial charge in [-0.1, -0.05) is 19.1 Å². The van der Waals surface area contributed by atoms with Gasteiger partial charge in [-0.05, 0) is 31.2 Å². The minimum atomic E-state index is -0.216. The number of nitrogens with zero attached hydrogens (tertiary/aromatic N) is 3. The first-order valence-corrected chi connectivity index (χ1v) is 8.92. The van der Waals surface area contributed by atoms with Gasteiger partial charge < -0.3 is 15.5 Å². The third-order valence-corrected chi connectivity index (χ3v) is 4.29. The number of aliphatic imine (C=N–C) groups is 1. The van der Waals surface area contributed by atoms with Gasteiger partial charge in [-0.15, -0.1) is 0 Å². The SMILES string of the molecule is CCNC(=NCc1cccc(F)c1)NCCN1CCN(CC)CC1. The normalized spacial score (nSPS) is 17.0. The molecule has 134 valence electrons. The van der Waals surface area contributed by atoms with Gasteiger partial charge in [0.2, 0.25) is 0 Å². The summed E-state index contributed by atoms with van der Waals surface area (Å²) in [6.45, 7) is 13.1. The van der Waals surface area contributed by atoms with Crippen LogP contribution in [0.25, 0.3) is 0 Å². The van der Waals surface area contributed by atoms with Crippen LogP contribution in [0.15, 0.2) is 29.3 Å². The zero-order valence-electron chi connectivity index (χ0n) is 14.9. The highest BCUT2D eigenvalue weighted by Gasteiger charge is 2.14. The molecule has 1 saturated heterocycles. The first kappa shape index (κ1) is 18.7. The van der Waals surface area contributed by atoms with Crippen LogP contribution in [0.1, 0.15) is 19.4 Å². The van der Waals surface area contributed by atoms with E-state index in [1.165, 1.54) is 12.1 Å². The lowest BCUT2D eigenvalue weighted by molar-refractivity contribution is 0.139. The molecule has 0 aliphatic carbocycles. The molecule has 24 heavy (non-hydrogen) atoms. The molecule has 1 aliphatic rings. The third-order valence-electron chi connectivity index (χ3n) is 4.29. The van der Waals surface area contributed by atoms with E-state index in [9.17, 15) is 4.39 Å². The van der Waals surface area contributed by atoms with Gasteiger partial charge in [0, 0.05) is 45.8 Å². The molecule has 0 atom stereocenters. The molecule has 1 aromatic carbocycles. The van der Waals surface area contributed by atoms with E-state index in [2.05, 4.69) is 32.3 Å². The van der Waals surface area contributed by atoms with Crippen molar-refractivity contribution < 1.29 is 4.39 Å². The summed E-state index contributed by atoms with van der Waals surface area (Å²) >= 11 is 0. The van der Waals surface area contributed by atoms with Gasteiger partial charge in [-0.3, -0.25) is 4.90 Å². The van der Waals surface area contributed by atoms with Crippen molar-refractivity contribution in [3.63, 3.8) is 0 Å². The van der Waals surface area contributed by atoms with E-state index >= 15 is 0 Å². The molecule has 0 aromatic heterocycles. The molecule has 1 fully saturated rings. The maximum atomic E-state index is 13.2. The number of nitrogens with one attached hydrogen (secondary N) is 2. The average molecular weight is 335 g/mol. The summed E-state index contributed by atoms with van der Waals surface area (Å²) in [4.78, 5) is 9.50. The smallest absolute Gasteiger partial charge is 0.191 e. The van der Waals surface area contributed by atoms with Crippen molar-refractivity contribution in [2.45, 2.75) is 20.4 Å². The number of piperazine rings is 1. The lowest BCUT2D eigenvalue weighted by Gasteiger charge is -2.34. The first-order valence-electron chi connectivity index (χ1n) is 8.92. The van der Waals surface area contributed by atoms with E-state index in [-0.39, 0.29) is 5.82 Å². The molecule has 0 spiro atoms. The maximum absolute atomic E-state index is 13.2. The fraction of sp³-hybridized carbons (Fsp3) is 0.611. The standard InChI is InChI=1S/C18H30FN5/c1-3-20-18(22-15-16-6-5-7-17(19)14-16)21-8-9-24-12-10-23(4-2)11-13-24/h5-7,14H,3-4,8-13,15H2,1-2H3,(H2,20,21,22). The molecule has 2 rings (SSSR count). The number of hydrogen-bond donors (Lipinski definition) is 2. The van der Waals surface area contributed by atoms with Gasteiger partial charge in [0.1, 0.15) is 5.82 Å². The Kier molecular flexibility index (Phi) is 7.98. The van der Waals surface area contributed by atoms with E-state index in [4.69, 9.17) is 0 Å². The number of rotatable bonds is 7. The van der Waals surface area contributed by atoms with Crippen LogP contribution in [0.5, 0.6) is 0 Å². The predicted octanol–water partition coefficient (Wildman–Crippen LogP) is 1.52. The van der Waals surface area contributed by atoms with Crippen molar-refractivity contribution in [1.29, 1.82) is 0 Å². The van der Waals surface area contributed by atoms with Crippen molar-refractivity contribution in [2.75, 3.05) is 52.4 Å². The van der Waals surface area contributed by atoms with Gasteiger partial charge in [0.25, 0.3) is 0 Å². The molecule has 6 heteroatoms. The number of hydrogen-bond acceptors (Lipinski definition) is 3. The largest absolute Gasteiger partial charge is 0.357 e. The van der Waals surface area contributed by atoms with Gasteiger partial charge >= 0.3 is 0 Å². The van der Waals surface area contributed by atoms with Crippen LogP contribution in [-0.4, -0.2) is 68.1 Å². The van der Waals surface area contributed by atoms with Gasteiger partial charge in [-0.2, -0.15) is 0 Å². The molecule has 2 N–H and O–H groups in total. The predicted molar refractivity (Wildman–Crippen MR) is 97.8 cm³/mol. The van der Waals surface area contributed by atoms with Gasteiger partial charge in [0.15, 0.2) is 5.96 Å². The summed E-state index contributed by atoms with van der Waals surface area (Å²) in [6.07, 6.45) is 0. The van der Waals surface area contributed by atoms with E-state index in [1.54, 1.807) is 6.07 Å². The zero-order valence-corrected chi connectivity index (χ0v) is 14.9. The summed E-state index contributed by atoms with van der Waals surface area (Å²) in [5.41, 5.74) is 0.878. The molecule has 0 amide bonds. The van der Waals surface area contributed by atoms with Crippen LogP contribution in [-0.2, 0) is 6.54 Å². The highest BCUT2D eigenvalue weighted by molar-refractivity contribution is 5.79. The first-order chi connectivity index (χ1) is 11.7. The number of likely N-dealkylation sites (N-methyl/N-ethyl adjacent to an activating group) is 1. The van der Waals surface area contributed by atoms with Crippen LogP contribution >= 0.6 is 0 Å². The van der Waals surface area contributed by atoms with Crippen molar-refractivity contribution in [2.24, 2.45) is 4.99 Å². The molecule has 0 saturated carbocycles. The summed E-state index contributed by atoms with van der Waals surface area (Å²) in [7, 11) is 0.